The first-order chi connectivity index (χ1) is 12.8. The lowest BCUT2D eigenvalue weighted by atomic mass is 10.1. The summed E-state index contributed by atoms with van der Waals surface area (Å²) in [7, 11) is -3.61. The van der Waals surface area contributed by atoms with Crippen molar-refractivity contribution in [3.05, 3.63) is 65.2 Å². The van der Waals surface area contributed by atoms with Crippen LogP contribution in [0.1, 0.15) is 16.7 Å². The Morgan fingerprint density at radius 2 is 1.81 bits per heavy atom. The van der Waals surface area contributed by atoms with E-state index in [1.165, 1.54) is 0 Å². The summed E-state index contributed by atoms with van der Waals surface area (Å²) in [6.45, 7) is 3.85. The molecule has 0 saturated heterocycles. The van der Waals surface area contributed by atoms with Crippen LogP contribution in [-0.2, 0) is 20.4 Å². The molecule has 8 heteroatoms. The molecule has 0 aliphatic heterocycles. The van der Waals surface area contributed by atoms with Crippen molar-refractivity contribution in [3.8, 4) is 11.5 Å². The second kappa shape index (κ2) is 7.71. The summed E-state index contributed by atoms with van der Waals surface area (Å²) in [4.78, 5) is 12.1. The molecule has 1 amide bonds. The molecule has 0 fully saturated rings. The summed E-state index contributed by atoms with van der Waals surface area (Å²) >= 11 is 0. The number of nitrogens with one attached hydrogen (secondary N) is 1. The second-order valence-electron chi connectivity index (χ2n) is 6.30. The van der Waals surface area contributed by atoms with Gasteiger partial charge in [-0.3, -0.25) is 10.1 Å². The molecule has 0 aliphatic rings. The summed E-state index contributed by atoms with van der Waals surface area (Å²) in [6, 6.07) is 14.4. The number of amides is 1. The van der Waals surface area contributed by atoms with Gasteiger partial charge in [0.2, 0.25) is 11.8 Å². The number of aryl methyl sites for hydroxylation is 2. The fraction of sp³-hybridized carbons (Fsp3) is 0.211. The number of carbonyl (C=O) groups is 1. The monoisotopic (exact) mass is 385 g/mol. The van der Waals surface area contributed by atoms with Crippen LogP contribution in [0.3, 0.4) is 0 Å². The van der Waals surface area contributed by atoms with Crippen molar-refractivity contribution in [2.45, 2.75) is 19.6 Å². The number of nitrogens with zero attached hydrogens (tertiary/aromatic N) is 2. The molecule has 140 valence electrons. The minimum atomic E-state index is -3.61. The van der Waals surface area contributed by atoms with Crippen LogP contribution in [0.5, 0.6) is 0 Å². The van der Waals surface area contributed by atoms with Crippen LogP contribution in [0.25, 0.3) is 11.5 Å². The lowest BCUT2D eigenvalue weighted by molar-refractivity contribution is -0.114. The molecule has 0 atom stereocenters. The Kier molecular flexibility index (Phi) is 5.36. The number of benzene rings is 2. The number of carbonyl (C=O) groups excluding carboxylic acids is 1. The van der Waals surface area contributed by atoms with Gasteiger partial charge in [-0.15, -0.1) is 5.10 Å². The third-order valence-corrected chi connectivity index (χ3v) is 5.35. The Bertz CT molecular complexity index is 1060. The third kappa shape index (κ3) is 5.01. The van der Waals surface area contributed by atoms with E-state index in [0.29, 0.717) is 5.56 Å². The Morgan fingerprint density at radius 3 is 2.56 bits per heavy atom. The number of hydrogen-bond donors (Lipinski definition) is 1. The van der Waals surface area contributed by atoms with E-state index < -0.39 is 21.5 Å². The largest absolute Gasteiger partial charge is 0.403 e. The molecule has 0 bridgehead atoms. The molecule has 1 N–H and O–H groups in total. The van der Waals surface area contributed by atoms with Crippen LogP contribution < -0.4 is 5.32 Å². The molecule has 2 aromatic carbocycles. The smallest absolute Gasteiger partial charge is 0.322 e. The first-order valence-corrected chi connectivity index (χ1v) is 10.1. The molecule has 7 nitrogen and oxygen atoms in total. The van der Waals surface area contributed by atoms with Crippen LogP contribution in [-0.4, -0.2) is 30.3 Å². The summed E-state index contributed by atoms with van der Waals surface area (Å²) < 4.78 is 29.8. The first kappa shape index (κ1) is 18.8. The van der Waals surface area contributed by atoms with Gasteiger partial charge in [-0.05, 0) is 31.0 Å². The molecule has 0 aliphatic carbocycles. The molecule has 1 heterocycles. The van der Waals surface area contributed by atoms with E-state index in [-0.39, 0.29) is 17.7 Å². The summed E-state index contributed by atoms with van der Waals surface area (Å²) in [5, 5.41) is 10.0. The summed E-state index contributed by atoms with van der Waals surface area (Å²) in [5.74, 6) is -1.33. The molecule has 0 radical (unpaired) electrons. The van der Waals surface area contributed by atoms with E-state index in [1.54, 1.807) is 30.3 Å². The fourth-order valence-electron chi connectivity index (χ4n) is 2.58. The first-order valence-electron chi connectivity index (χ1n) is 8.28. The third-order valence-electron chi connectivity index (χ3n) is 3.88. The quantitative estimate of drug-likeness (QED) is 0.700. The van der Waals surface area contributed by atoms with Gasteiger partial charge in [-0.2, -0.15) is 0 Å². The van der Waals surface area contributed by atoms with E-state index >= 15 is 0 Å². The number of sulfone groups is 1. The van der Waals surface area contributed by atoms with E-state index in [4.69, 9.17) is 4.42 Å². The fourth-order valence-corrected chi connectivity index (χ4v) is 3.86. The number of hydrogen-bond acceptors (Lipinski definition) is 6. The highest BCUT2D eigenvalue weighted by atomic mass is 32.2. The van der Waals surface area contributed by atoms with Gasteiger partial charge >= 0.3 is 6.01 Å². The molecule has 27 heavy (non-hydrogen) atoms. The van der Waals surface area contributed by atoms with Crippen LogP contribution >= 0.6 is 0 Å². The maximum Gasteiger partial charge on any atom is 0.322 e. The van der Waals surface area contributed by atoms with Crippen LogP contribution in [0.4, 0.5) is 6.01 Å². The zero-order valence-corrected chi connectivity index (χ0v) is 15.8. The Labute approximate surface area is 157 Å². The number of rotatable bonds is 6. The molecular weight excluding hydrogens is 366 g/mol. The molecule has 0 saturated carbocycles. The van der Waals surface area contributed by atoms with Crippen molar-refractivity contribution in [3.63, 3.8) is 0 Å². The van der Waals surface area contributed by atoms with E-state index in [0.717, 1.165) is 16.7 Å². The van der Waals surface area contributed by atoms with Gasteiger partial charge in [0.05, 0.1) is 5.75 Å². The highest BCUT2D eigenvalue weighted by molar-refractivity contribution is 7.91. The minimum absolute atomic E-state index is 0.134. The van der Waals surface area contributed by atoms with Crippen molar-refractivity contribution in [1.29, 1.82) is 0 Å². The van der Waals surface area contributed by atoms with Gasteiger partial charge in [-0.25, -0.2) is 8.42 Å². The lowest BCUT2D eigenvalue weighted by Crippen LogP contribution is -2.24. The maximum absolute atomic E-state index is 12.2. The van der Waals surface area contributed by atoms with Crippen LogP contribution in [0.2, 0.25) is 0 Å². The van der Waals surface area contributed by atoms with E-state index in [2.05, 4.69) is 15.5 Å². The Morgan fingerprint density at radius 1 is 1.07 bits per heavy atom. The van der Waals surface area contributed by atoms with E-state index in [9.17, 15) is 13.2 Å². The molecule has 3 rings (SSSR count). The molecule has 0 spiro atoms. The molecular formula is C19H19N3O4S. The zero-order valence-electron chi connectivity index (χ0n) is 15.0. The topological polar surface area (TPSA) is 102 Å². The number of anilines is 1. The predicted octanol–water partition coefficient (Wildman–Crippen LogP) is 2.91. The summed E-state index contributed by atoms with van der Waals surface area (Å²) in [5.41, 5.74) is 3.37. The van der Waals surface area contributed by atoms with Crippen molar-refractivity contribution < 1.29 is 17.6 Å². The van der Waals surface area contributed by atoms with Crippen molar-refractivity contribution >= 4 is 21.8 Å². The Hall–Kier alpha value is -3.00. The van der Waals surface area contributed by atoms with Crippen molar-refractivity contribution in [1.82, 2.24) is 10.2 Å². The van der Waals surface area contributed by atoms with Crippen molar-refractivity contribution in [2.24, 2.45) is 0 Å². The SMILES string of the molecule is Cc1ccc(C)c(-c2nnc(NC(=O)CS(=O)(=O)Cc3ccccc3)o2)c1. The van der Waals surface area contributed by atoms with Gasteiger partial charge in [0.1, 0.15) is 5.75 Å². The average molecular weight is 385 g/mol. The number of aromatic nitrogens is 2. The lowest BCUT2D eigenvalue weighted by Gasteiger charge is -2.04. The second-order valence-corrected chi connectivity index (χ2v) is 8.36. The van der Waals surface area contributed by atoms with Gasteiger partial charge in [0.15, 0.2) is 9.84 Å². The predicted molar refractivity (Wildman–Crippen MR) is 102 cm³/mol. The minimum Gasteiger partial charge on any atom is -0.403 e. The van der Waals surface area contributed by atoms with E-state index in [1.807, 2.05) is 32.0 Å². The molecule has 3 aromatic rings. The van der Waals surface area contributed by atoms with Crippen LogP contribution in [0, 0.1) is 13.8 Å². The van der Waals surface area contributed by atoms with Crippen molar-refractivity contribution in [2.75, 3.05) is 11.1 Å². The standard InChI is InChI=1S/C19H19N3O4S/c1-13-8-9-14(2)16(10-13)18-21-22-19(26-18)20-17(23)12-27(24,25)11-15-6-4-3-5-7-15/h3-10H,11-12H2,1-2H3,(H,20,22,23). The normalized spacial score (nSPS) is 11.3. The van der Waals surface area contributed by atoms with Gasteiger partial charge in [-0.1, -0.05) is 53.1 Å². The highest BCUT2D eigenvalue weighted by Gasteiger charge is 2.20. The van der Waals surface area contributed by atoms with Gasteiger partial charge in [0.25, 0.3) is 0 Å². The van der Waals surface area contributed by atoms with Gasteiger partial charge in [0, 0.05) is 5.56 Å². The molecule has 0 unspecified atom stereocenters. The average Bonchev–Trinajstić information content (AvgIpc) is 3.05. The summed E-state index contributed by atoms with van der Waals surface area (Å²) in [6.07, 6.45) is 0. The Balaban J connectivity index is 1.66. The zero-order chi connectivity index (χ0) is 19.4. The molecule has 1 aromatic heterocycles. The van der Waals surface area contributed by atoms with Gasteiger partial charge < -0.3 is 4.42 Å². The van der Waals surface area contributed by atoms with Crippen LogP contribution in [0.15, 0.2) is 52.9 Å². The highest BCUT2D eigenvalue weighted by Crippen LogP contribution is 2.24. The maximum atomic E-state index is 12.2.